The molecule has 0 radical (unpaired) electrons. The number of thioether (sulfide) groups is 1. The average molecular weight is 218 g/mol. The molecule has 14 heavy (non-hydrogen) atoms. The van der Waals surface area contributed by atoms with Gasteiger partial charge in [-0.2, -0.15) is 11.8 Å². The zero-order chi connectivity index (χ0) is 11.2. The van der Waals surface area contributed by atoms with E-state index in [4.69, 9.17) is 0 Å². The lowest BCUT2D eigenvalue weighted by Gasteiger charge is -2.29. The van der Waals surface area contributed by atoms with Gasteiger partial charge < -0.3 is 10.2 Å². The van der Waals surface area contributed by atoms with Crippen LogP contribution in [0.5, 0.6) is 0 Å². The lowest BCUT2D eigenvalue weighted by atomic mass is 10.0. The van der Waals surface area contributed by atoms with Crippen molar-refractivity contribution >= 4 is 17.7 Å². The minimum absolute atomic E-state index is 0.161. The van der Waals surface area contributed by atoms with Crippen molar-refractivity contribution in [3.63, 3.8) is 0 Å². The lowest BCUT2D eigenvalue weighted by Crippen LogP contribution is -2.53. The van der Waals surface area contributed by atoms with E-state index < -0.39 is 5.54 Å². The van der Waals surface area contributed by atoms with Crippen LogP contribution in [0.4, 0.5) is 0 Å². The predicted octanol–water partition coefficient (Wildman–Crippen LogP) is 1.20. The van der Waals surface area contributed by atoms with Gasteiger partial charge in [0, 0.05) is 19.3 Å². The Balaban J connectivity index is 4.15. The zero-order valence-corrected chi connectivity index (χ0v) is 10.7. The molecule has 0 bridgehead atoms. The molecule has 0 aliphatic rings. The number of carbonyl (C=O) groups excluding carboxylic acids is 1. The molecule has 4 heteroatoms. The first-order valence-electron chi connectivity index (χ1n) is 4.95. The highest BCUT2D eigenvalue weighted by molar-refractivity contribution is 7.98. The fraction of sp³-hybridized carbons (Fsp3) is 0.900. The number of rotatable bonds is 6. The highest BCUT2D eigenvalue weighted by Crippen LogP contribution is 2.07. The van der Waals surface area contributed by atoms with Crippen LogP contribution in [-0.4, -0.2) is 48.5 Å². The summed E-state index contributed by atoms with van der Waals surface area (Å²) < 4.78 is 0. The Bertz CT molecular complexity index is 183. The van der Waals surface area contributed by atoms with Crippen LogP contribution in [0.2, 0.25) is 0 Å². The third kappa shape index (κ3) is 4.33. The highest BCUT2D eigenvalue weighted by Gasteiger charge is 2.28. The van der Waals surface area contributed by atoms with Gasteiger partial charge in [0.25, 0.3) is 0 Å². The van der Waals surface area contributed by atoms with Crippen molar-refractivity contribution in [3.8, 4) is 0 Å². The number of amides is 1. The Kier molecular flexibility index (Phi) is 6.20. The standard InChI is InChI=1S/C10H22N2OS/c1-6-11-10(2,3)9(13)12(4)7-8-14-5/h11H,6-8H2,1-5H3. The second kappa shape index (κ2) is 6.30. The Labute approximate surface area is 91.6 Å². The molecule has 3 nitrogen and oxygen atoms in total. The summed E-state index contributed by atoms with van der Waals surface area (Å²) in [5, 5.41) is 3.18. The summed E-state index contributed by atoms with van der Waals surface area (Å²) >= 11 is 1.76. The van der Waals surface area contributed by atoms with E-state index in [2.05, 4.69) is 5.32 Å². The molecular formula is C10H22N2OS. The Morgan fingerprint density at radius 1 is 1.50 bits per heavy atom. The fourth-order valence-electron chi connectivity index (χ4n) is 1.32. The molecule has 0 rings (SSSR count). The summed E-state index contributed by atoms with van der Waals surface area (Å²) in [6.07, 6.45) is 2.05. The summed E-state index contributed by atoms with van der Waals surface area (Å²) in [7, 11) is 1.86. The van der Waals surface area contributed by atoms with Gasteiger partial charge in [-0.25, -0.2) is 0 Å². The van der Waals surface area contributed by atoms with Crippen molar-refractivity contribution in [3.05, 3.63) is 0 Å². The summed E-state index contributed by atoms with van der Waals surface area (Å²) in [4.78, 5) is 13.7. The van der Waals surface area contributed by atoms with Crippen LogP contribution in [0.15, 0.2) is 0 Å². The smallest absolute Gasteiger partial charge is 0.242 e. The first kappa shape index (κ1) is 13.8. The second-order valence-electron chi connectivity index (χ2n) is 3.87. The molecule has 0 atom stereocenters. The molecule has 0 aliphatic carbocycles. The summed E-state index contributed by atoms with van der Waals surface area (Å²) in [6.45, 7) is 7.49. The van der Waals surface area contributed by atoms with Crippen LogP contribution < -0.4 is 5.32 Å². The van der Waals surface area contributed by atoms with E-state index >= 15 is 0 Å². The maximum Gasteiger partial charge on any atom is 0.242 e. The SMILES string of the molecule is CCNC(C)(C)C(=O)N(C)CCSC. The van der Waals surface area contributed by atoms with Crippen molar-refractivity contribution < 1.29 is 4.79 Å². The van der Waals surface area contributed by atoms with Crippen molar-refractivity contribution in [1.82, 2.24) is 10.2 Å². The van der Waals surface area contributed by atoms with Crippen LogP contribution >= 0.6 is 11.8 Å². The van der Waals surface area contributed by atoms with E-state index in [0.29, 0.717) is 0 Å². The minimum atomic E-state index is -0.443. The van der Waals surface area contributed by atoms with E-state index in [1.54, 1.807) is 16.7 Å². The van der Waals surface area contributed by atoms with Gasteiger partial charge in [0.2, 0.25) is 5.91 Å². The van der Waals surface area contributed by atoms with Gasteiger partial charge in [0.15, 0.2) is 0 Å². The molecule has 0 aromatic rings. The quantitative estimate of drug-likeness (QED) is 0.727. The number of nitrogens with zero attached hydrogens (tertiary/aromatic N) is 1. The summed E-state index contributed by atoms with van der Waals surface area (Å²) in [5.41, 5.74) is -0.443. The number of likely N-dealkylation sites (N-methyl/N-ethyl adjacent to an activating group) is 2. The largest absolute Gasteiger partial charge is 0.343 e. The van der Waals surface area contributed by atoms with E-state index in [1.165, 1.54) is 0 Å². The van der Waals surface area contributed by atoms with Crippen molar-refractivity contribution in [1.29, 1.82) is 0 Å². The molecule has 0 saturated heterocycles. The van der Waals surface area contributed by atoms with Crippen LogP contribution in [0.25, 0.3) is 0 Å². The van der Waals surface area contributed by atoms with E-state index in [0.717, 1.165) is 18.8 Å². The highest BCUT2D eigenvalue weighted by atomic mass is 32.2. The van der Waals surface area contributed by atoms with Crippen LogP contribution in [0.1, 0.15) is 20.8 Å². The topological polar surface area (TPSA) is 32.3 Å². The van der Waals surface area contributed by atoms with Gasteiger partial charge in [0.1, 0.15) is 0 Å². The molecule has 0 aliphatic heterocycles. The van der Waals surface area contributed by atoms with Gasteiger partial charge >= 0.3 is 0 Å². The Morgan fingerprint density at radius 3 is 2.50 bits per heavy atom. The van der Waals surface area contributed by atoms with Crippen molar-refractivity contribution in [2.75, 3.05) is 32.1 Å². The normalized spacial score (nSPS) is 11.5. The van der Waals surface area contributed by atoms with Crippen molar-refractivity contribution in [2.45, 2.75) is 26.3 Å². The average Bonchev–Trinajstić information content (AvgIpc) is 2.12. The van der Waals surface area contributed by atoms with Gasteiger partial charge in [0.05, 0.1) is 5.54 Å². The molecule has 0 unspecified atom stereocenters. The summed E-state index contributed by atoms with van der Waals surface area (Å²) in [6, 6.07) is 0. The first-order valence-corrected chi connectivity index (χ1v) is 6.34. The minimum Gasteiger partial charge on any atom is -0.343 e. The maximum atomic E-state index is 11.9. The molecule has 0 spiro atoms. The van der Waals surface area contributed by atoms with Gasteiger partial charge in [-0.15, -0.1) is 0 Å². The molecule has 0 aromatic carbocycles. The summed E-state index contributed by atoms with van der Waals surface area (Å²) in [5.74, 6) is 1.15. The third-order valence-corrected chi connectivity index (χ3v) is 2.72. The van der Waals surface area contributed by atoms with Crippen LogP contribution in [0.3, 0.4) is 0 Å². The van der Waals surface area contributed by atoms with Gasteiger partial charge in [-0.05, 0) is 26.6 Å². The Morgan fingerprint density at radius 2 is 2.07 bits per heavy atom. The number of hydrogen-bond acceptors (Lipinski definition) is 3. The van der Waals surface area contributed by atoms with Gasteiger partial charge in [-0.3, -0.25) is 4.79 Å². The number of nitrogens with one attached hydrogen (secondary N) is 1. The second-order valence-corrected chi connectivity index (χ2v) is 4.86. The first-order chi connectivity index (χ1) is 6.45. The Hall–Kier alpha value is -0.220. The van der Waals surface area contributed by atoms with E-state index in [1.807, 2.05) is 34.1 Å². The molecule has 84 valence electrons. The monoisotopic (exact) mass is 218 g/mol. The molecule has 0 fully saturated rings. The van der Waals surface area contributed by atoms with Crippen LogP contribution in [-0.2, 0) is 4.79 Å². The van der Waals surface area contributed by atoms with Crippen molar-refractivity contribution in [2.24, 2.45) is 0 Å². The molecule has 0 aromatic heterocycles. The molecule has 1 amide bonds. The molecule has 1 N–H and O–H groups in total. The predicted molar refractivity (Wildman–Crippen MR) is 63.8 cm³/mol. The third-order valence-electron chi connectivity index (χ3n) is 2.13. The van der Waals surface area contributed by atoms with Gasteiger partial charge in [-0.1, -0.05) is 6.92 Å². The van der Waals surface area contributed by atoms with E-state index in [-0.39, 0.29) is 5.91 Å². The van der Waals surface area contributed by atoms with Crippen LogP contribution in [0, 0.1) is 0 Å². The number of hydrogen-bond donors (Lipinski definition) is 1. The fourth-order valence-corrected chi connectivity index (χ4v) is 1.78. The molecule has 0 saturated carbocycles. The maximum absolute atomic E-state index is 11.9. The molecule has 0 heterocycles. The lowest BCUT2D eigenvalue weighted by molar-refractivity contribution is -0.135. The number of carbonyl (C=O) groups is 1. The molecular weight excluding hydrogens is 196 g/mol. The van der Waals surface area contributed by atoms with E-state index in [9.17, 15) is 4.79 Å². The zero-order valence-electron chi connectivity index (χ0n) is 9.89.